The zero-order chi connectivity index (χ0) is 9.78. The first kappa shape index (κ1) is 10.0. The lowest BCUT2D eigenvalue weighted by Crippen LogP contribution is -2.52. The second kappa shape index (κ2) is 2.25. The summed E-state index contributed by atoms with van der Waals surface area (Å²) in [6, 6.07) is 0.750. The highest BCUT2D eigenvalue weighted by Gasteiger charge is 2.69. The molecule has 1 saturated heterocycles. The van der Waals surface area contributed by atoms with Gasteiger partial charge in [-0.05, 0) is 48.5 Å². The molecule has 1 heterocycles. The van der Waals surface area contributed by atoms with Gasteiger partial charge in [0, 0.05) is 0 Å². The van der Waals surface area contributed by atoms with Crippen molar-refractivity contribution in [3.05, 3.63) is 0 Å². The van der Waals surface area contributed by atoms with E-state index >= 15 is 0 Å². The fourth-order valence-corrected chi connectivity index (χ4v) is 3.38. The summed E-state index contributed by atoms with van der Waals surface area (Å²) >= 11 is 0. The molecule has 72 valence electrons. The average Bonchev–Trinajstić information content (AvgIpc) is 2.33. The molecule has 0 N–H and O–H groups in total. The van der Waals surface area contributed by atoms with E-state index in [2.05, 4.69) is 48.5 Å². The molecule has 0 bridgehead atoms. The van der Waals surface area contributed by atoms with Crippen LogP contribution >= 0.6 is 0 Å². The number of rotatable bonds is 1. The molecule has 0 aliphatic carbocycles. The highest BCUT2D eigenvalue weighted by molar-refractivity contribution is 4.92. The summed E-state index contributed by atoms with van der Waals surface area (Å²) in [5.41, 5.74) is 0.907. The molecule has 0 saturated carbocycles. The van der Waals surface area contributed by atoms with Crippen molar-refractivity contribution in [3.8, 4) is 0 Å². The third-order valence-electron chi connectivity index (χ3n) is 3.69. The molecule has 0 aromatic carbocycles. The molecule has 1 atom stereocenters. The first-order valence-corrected chi connectivity index (χ1v) is 5.03. The fourth-order valence-electron chi connectivity index (χ4n) is 3.38. The molecular formula is C11H24N+. The summed E-state index contributed by atoms with van der Waals surface area (Å²) in [4.78, 5) is 0. The monoisotopic (exact) mass is 170 g/mol. The van der Waals surface area contributed by atoms with Crippen molar-refractivity contribution in [3.63, 3.8) is 0 Å². The van der Waals surface area contributed by atoms with E-state index in [1.54, 1.807) is 0 Å². The van der Waals surface area contributed by atoms with Gasteiger partial charge in [0.05, 0.1) is 11.6 Å². The summed E-state index contributed by atoms with van der Waals surface area (Å²) in [5.74, 6) is 0. The Morgan fingerprint density at radius 3 is 1.50 bits per heavy atom. The van der Waals surface area contributed by atoms with Crippen LogP contribution in [0.2, 0.25) is 0 Å². The van der Waals surface area contributed by atoms with Gasteiger partial charge in [-0.1, -0.05) is 0 Å². The molecule has 0 aromatic heterocycles. The smallest absolute Gasteiger partial charge is 0.144 e. The van der Waals surface area contributed by atoms with E-state index in [1.165, 1.54) is 11.0 Å². The molecular weight excluding hydrogens is 146 g/mol. The molecule has 1 unspecified atom stereocenters. The van der Waals surface area contributed by atoms with E-state index in [-0.39, 0.29) is 0 Å². The van der Waals surface area contributed by atoms with Gasteiger partial charge in [0.15, 0.2) is 0 Å². The Kier molecular flexibility index (Phi) is 1.89. The molecule has 1 fully saturated rings. The standard InChI is InChI=1S/C11H24N/c1-9(2)12(10(3,4)5)8-11(12,6)7/h9H,8H2,1-7H3/q+1. The van der Waals surface area contributed by atoms with Gasteiger partial charge >= 0.3 is 0 Å². The Balaban J connectivity index is 2.95. The third kappa shape index (κ3) is 1.02. The van der Waals surface area contributed by atoms with Crippen molar-refractivity contribution in [2.75, 3.05) is 6.54 Å². The van der Waals surface area contributed by atoms with Crippen LogP contribution in [0.3, 0.4) is 0 Å². The van der Waals surface area contributed by atoms with Crippen molar-refractivity contribution in [2.45, 2.75) is 65.6 Å². The maximum atomic E-state index is 2.39. The summed E-state index contributed by atoms with van der Waals surface area (Å²) in [6.07, 6.45) is 0. The Morgan fingerprint density at radius 1 is 1.17 bits per heavy atom. The predicted molar refractivity (Wildman–Crippen MR) is 54.1 cm³/mol. The number of hydrogen-bond acceptors (Lipinski definition) is 0. The van der Waals surface area contributed by atoms with Gasteiger partial charge in [-0.15, -0.1) is 0 Å². The van der Waals surface area contributed by atoms with Crippen LogP contribution < -0.4 is 0 Å². The van der Waals surface area contributed by atoms with Crippen LogP contribution in [-0.4, -0.2) is 28.1 Å². The van der Waals surface area contributed by atoms with Crippen LogP contribution in [-0.2, 0) is 0 Å². The minimum Gasteiger partial charge on any atom is -0.303 e. The Morgan fingerprint density at radius 2 is 1.50 bits per heavy atom. The minimum atomic E-state index is 0.400. The third-order valence-corrected chi connectivity index (χ3v) is 3.69. The Labute approximate surface area is 77.4 Å². The van der Waals surface area contributed by atoms with E-state index in [9.17, 15) is 0 Å². The van der Waals surface area contributed by atoms with E-state index in [0.717, 1.165) is 6.04 Å². The van der Waals surface area contributed by atoms with Gasteiger partial charge in [-0.2, -0.15) is 0 Å². The zero-order valence-corrected chi connectivity index (χ0v) is 9.73. The van der Waals surface area contributed by atoms with E-state index in [1.807, 2.05) is 0 Å². The number of quaternary nitrogens is 1. The Bertz CT molecular complexity index is 186. The molecule has 1 aliphatic heterocycles. The van der Waals surface area contributed by atoms with Crippen molar-refractivity contribution < 1.29 is 4.48 Å². The first-order valence-electron chi connectivity index (χ1n) is 5.03. The molecule has 0 spiro atoms. The summed E-state index contributed by atoms with van der Waals surface area (Å²) in [7, 11) is 0. The highest BCUT2D eigenvalue weighted by atomic mass is 15.6. The average molecular weight is 170 g/mol. The van der Waals surface area contributed by atoms with Crippen molar-refractivity contribution >= 4 is 0 Å². The lowest BCUT2D eigenvalue weighted by Gasteiger charge is -2.40. The van der Waals surface area contributed by atoms with Crippen LogP contribution in [0.1, 0.15) is 48.5 Å². The van der Waals surface area contributed by atoms with Crippen LogP contribution in [0.25, 0.3) is 0 Å². The molecule has 1 aliphatic rings. The van der Waals surface area contributed by atoms with Crippen LogP contribution in [0.5, 0.6) is 0 Å². The lowest BCUT2D eigenvalue weighted by molar-refractivity contribution is -0.896. The van der Waals surface area contributed by atoms with Crippen LogP contribution in [0.15, 0.2) is 0 Å². The van der Waals surface area contributed by atoms with Crippen molar-refractivity contribution in [1.29, 1.82) is 0 Å². The lowest BCUT2D eigenvalue weighted by atomic mass is 10.0. The van der Waals surface area contributed by atoms with Crippen LogP contribution in [0.4, 0.5) is 0 Å². The topological polar surface area (TPSA) is 0 Å². The Hall–Kier alpha value is -0.0400. The van der Waals surface area contributed by atoms with Gasteiger partial charge in [-0.3, -0.25) is 0 Å². The normalized spacial score (nSPS) is 34.0. The molecule has 1 nitrogen and oxygen atoms in total. The second-order valence-corrected chi connectivity index (χ2v) is 6.10. The first-order chi connectivity index (χ1) is 5.15. The molecule has 1 heteroatoms. The second-order valence-electron chi connectivity index (χ2n) is 6.10. The molecule has 12 heavy (non-hydrogen) atoms. The van der Waals surface area contributed by atoms with Crippen molar-refractivity contribution in [1.82, 2.24) is 0 Å². The summed E-state index contributed by atoms with van der Waals surface area (Å²) in [5, 5.41) is 0. The van der Waals surface area contributed by atoms with Gasteiger partial charge in [-0.25, -0.2) is 0 Å². The van der Waals surface area contributed by atoms with E-state index in [4.69, 9.17) is 0 Å². The van der Waals surface area contributed by atoms with Crippen molar-refractivity contribution in [2.24, 2.45) is 0 Å². The number of nitrogens with zero attached hydrogens (tertiary/aromatic N) is 1. The zero-order valence-electron chi connectivity index (χ0n) is 9.73. The van der Waals surface area contributed by atoms with Gasteiger partial charge in [0.25, 0.3) is 0 Å². The molecule has 0 amide bonds. The maximum absolute atomic E-state index is 2.39. The van der Waals surface area contributed by atoms with Gasteiger partial charge in [0.1, 0.15) is 12.1 Å². The van der Waals surface area contributed by atoms with Gasteiger partial charge < -0.3 is 4.48 Å². The summed E-state index contributed by atoms with van der Waals surface area (Å²) < 4.78 is 1.28. The van der Waals surface area contributed by atoms with Gasteiger partial charge in [0.2, 0.25) is 0 Å². The maximum Gasteiger partial charge on any atom is 0.144 e. The summed E-state index contributed by atoms with van der Waals surface area (Å²) in [6.45, 7) is 17.9. The van der Waals surface area contributed by atoms with E-state index < -0.39 is 0 Å². The van der Waals surface area contributed by atoms with Crippen LogP contribution in [0, 0.1) is 0 Å². The molecule has 0 radical (unpaired) electrons. The number of hydrogen-bond donors (Lipinski definition) is 0. The molecule has 0 aromatic rings. The SMILES string of the molecule is CC(C)[N+]1(C(C)(C)C)CC1(C)C. The fraction of sp³-hybridized carbons (Fsp3) is 1.00. The highest BCUT2D eigenvalue weighted by Crippen LogP contribution is 2.51. The largest absolute Gasteiger partial charge is 0.303 e. The molecule has 1 rings (SSSR count). The van der Waals surface area contributed by atoms with E-state index in [0.29, 0.717) is 11.1 Å². The quantitative estimate of drug-likeness (QED) is 0.419. The minimum absolute atomic E-state index is 0.400. The predicted octanol–water partition coefficient (Wildman–Crippen LogP) is 2.80.